The molecule has 0 aliphatic heterocycles. The molecule has 0 saturated heterocycles. The summed E-state index contributed by atoms with van der Waals surface area (Å²) in [4.78, 5) is 0. The number of unbranched alkanes of at least 4 members (excludes halogenated alkanes) is 11. The van der Waals surface area contributed by atoms with Crippen LogP contribution >= 0.6 is 0 Å². The van der Waals surface area contributed by atoms with E-state index < -0.39 is 55.4 Å². The summed E-state index contributed by atoms with van der Waals surface area (Å²) in [5.41, 5.74) is 5.80. The standard InChI is InChI=1S/C24H49NO8/c1-2-3-4-5-6-7-8-9-10-11-12-13-14-19(27)21(29)18(25)17-33-24(32)23(31)22(30)20(28)15-16-26/h18-21,24,26-32H,2-17,25H2,1H3/b23-22+/t18-,19+,20?,21-,24?/m0/s1. The molecule has 0 aliphatic rings. The lowest BCUT2D eigenvalue weighted by molar-refractivity contribution is -0.115. The quantitative estimate of drug-likeness (QED) is 0.0658. The smallest absolute Gasteiger partial charge is 0.217 e. The normalized spacial score (nSPS) is 17.3. The average Bonchev–Trinajstić information content (AvgIpc) is 2.81. The van der Waals surface area contributed by atoms with Crippen molar-refractivity contribution in [3.05, 3.63) is 11.5 Å². The van der Waals surface area contributed by atoms with Crippen LogP contribution < -0.4 is 5.73 Å². The largest absolute Gasteiger partial charge is 0.506 e. The first-order valence-electron chi connectivity index (χ1n) is 12.6. The van der Waals surface area contributed by atoms with Gasteiger partial charge in [0.15, 0.2) is 11.5 Å². The minimum absolute atomic E-state index is 0.230. The fourth-order valence-electron chi connectivity index (χ4n) is 3.59. The SMILES string of the molecule is CCCCCCCCCCCCCC[C@@H](O)[C@@H](O)[C@@H](N)COC(O)/C(O)=C(\O)C(O)CCO. The summed E-state index contributed by atoms with van der Waals surface area (Å²) < 4.78 is 4.92. The predicted molar refractivity (Wildman–Crippen MR) is 128 cm³/mol. The number of aliphatic hydroxyl groups excluding tert-OH is 7. The van der Waals surface area contributed by atoms with Gasteiger partial charge in [-0.2, -0.15) is 0 Å². The predicted octanol–water partition coefficient (Wildman–Crippen LogP) is 2.53. The molecule has 0 fully saturated rings. The van der Waals surface area contributed by atoms with Crippen molar-refractivity contribution in [1.29, 1.82) is 0 Å². The van der Waals surface area contributed by atoms with Crippen molar-refractivity contribution in [2.24, 2.45) is 5.73 Å². The first kappa shape index (κ1) is 32.1. The Bertz CT molecular complexity index is 491. The number of rotatable bonds is 22. The van der Waals surface area contributed by atoms with E-state index in [1.807, 2.05) is 0 Å². The maximum Gasteiger partial charge on any atom is 0.217 e. The molecule has 33 heavy (non-hydrogen) atoms. The monoisotopic (exact) mass is 479 g/mol. The third kappa shape index (κ3) is 15.6. The fourth-order valence-corrected chi connectivity index (χ4v) is 3.59. The molecule has 0 aromatic heterocycles. The van der Waals surface area contributed by atoms with Crippen molar-refractivity contribution in [1.82, 2.24) is 0 Å². The fraction of sp³-hybridized carbons (Fsp3) is 0.917. The number of aliphatic hydroxyl groups is 7. The van der Waals surface area contributed by atoms with Crippen LogP contribution in [-0.2, 0) is 4.74 Å². The number of hydrogen-bond donors (Lipinski definition) is 8. The number of ether oxygens (including phenoxy) is 1. The van der Waals surface area contributed by atoms with E-state index in [0.29, 0.717) is 6.42 Å². The van der Waals surface area contributed by atoms with Crippen LogP contribution in [0.2, 0.25) is 0 Å². The molecule has 5 atom stereocenters. The molecule has 9 nitrogen and oxygen atoms in total. The summed E-state index contributed by atoms with van der Waals surface area (Å²) in [6.07, 6.45) is 8.80. The van der Waals surface area contributed by atoms with Gasteiger partial charge in [-0.3, -0.25) is 0 Å². The summed E-state index contributed by atoms with van der Waals surface area (Å²) in [7, 11) is 0. The first-order chi connectivity index (χ1) is 15.8. The zero-order valence-electron chi connectivity index (χ0n) is 20.3. The molecule has 198 valence electrons. The molecule has 0 aliphatic carbocycles. The van der Waals surface area contributed by atoms with E-state index in [1.165, 1.54) is 57.8 Å². The summed E-state index contributed by atoms with van der Waals surface area (Å²) >= 11 is 0. The molecule has 0 aromatic rings. The minimum Gasteiger partial charge on any atom is -0.506 e. The van der Waals surface area contributed by atoms with Gasteiger partial charge in [-0.25, -0.2) is 0 Å². The Labute approximate surface area is 198 Å². The van der Waals surface area contributed by atoms with E-state index >= 15 is 0 Å². The Hall–Kier alpha value is -0.940. The van der Waals surface area contributed by atoms with Crippen LogP contribution in [0.25, 0.3) is 0 Å². The van der Waals surface area contributed by atoms with Crippen LogP contribution in [-0.4, -0.2) is 79.6 Å². The minimum atomic E-state index is -1.97. The van der Waals surface area contributed by atoms with Crippen LogP contribution in [0.3, 0.4) is 0 Å². The highest BCUT2D eigenvalue weighted by molar-refractivity contribution is 5.06. The van der Waals surface area contributed by atoms with Crippen LogP contribution in [0.4, 0.5) is 0 Å². The highest BCUT2D eigenvalue weighted by Crippen LogP contribution is 2.15. The van der Waals surface area contributed by atoms with E-state index in [4.69, 9.17) is 15.6 Å². The molecule has 0 bridgehead atoms. The van der Waals surface area contributed by atoms with Crippen molar-refractivity contribution in [2.45, 2.75) is 127 Å². The maximum atomic E-state index is 10.2. The molecule has 9 N–H and O–H groups in total. The second-order valence-corrected chi connectivity index (χ2v) is 8.88. The zero-order valence-corrected chi connectivity index (χ0v) is 20.3. The van der Waals surface area contributed by atoms with Gasteiger partial charge in [0, 0.05) is 13.0 Å². The first-order valence-corrected chi connectivity index (χ1v) is 12.6. The van der Waals surface area contributed by atoms with E-state index in [0.717, 1.165) is 19.3 Å². The highest BCUT2D eigenvalue weighted by Gasteiger charge is 2.26. The van der Waals surface area contributed by atoms with E-state index in [9.17, 15) is 30.6 Å². The lowest BCUT2D eigenvalue weighted by Gasteiger charge is -2.25. The molecule has 0 saturated carbocycles. The Kier molecular flexibility index (Phi) is 19.9. The van der Waals surface area contributed by atoms with Crippen LogP contribution in [0.15, 0.2) is 11.5 Å². The number of nitrogens with two attached hydrogens (primary N) is 1. The second-order valence-electron chi connectivity index (χ2n) is 8.88. The average molecular weight is 480 g/mol. The van der Waals surface area contributed by atoms with E-state index in [-0.39, 0.29) is 6.42 Å². The molecule has 0 rings (SSSR count). The molecular formula is C24H49NO8. The van der Waals surface area contributed by atoms with Gasteiger partial charge in [-0.15, -0.1) is 0 Å². The Morgan fingerprint density at radius 3 is 1.70 bits per heavy atom. The summed E-state index contributed by atoms with van der Waals surface area (Å²) in [6.45, 7) is 1.40. The molecule has 2 unspecified atom stereocenters. The van der Waals surface area contributed by atoms with E-state index in [1.54, 1.807) is 0 Å². The zero-order chi connectivity index (χ0) is 25.1. The van der Waals surface area contributed by atoms with Crippen molar-refractivity contribution < 1.29 is 40.5 Å². The third-order valence-electron chi connectivity index (χ3n) is 5.85. The lowest BCUT2D eigenvalue weighted by Crippen LogP contribution is -2.46. The summed E-state index contributed by atoms with van der Waals surface area (Å²) in [5, 5.41) is 67.5. The molecule has 0 aromatic carbocycles. The van der Waals surface area contributed by atoms with Crippen LogP contribution in [0.5, 0.6) is 0 Å². The molecule has 0 radical (unpaired) electrons. The summed E-state index contributed by atoms with van der Waals surface area (Å²) in [6, 6.07) is -1.02. The molecule has 0 heterocycles. The van der Waals surface area contributed by atoms with Gasteiger partial charge in [-0.05, 0) is 6.42 Å². The maximum absolute atomic E-state index is 10.2. The van der Waals surface area contributed by atoms with Gasteiger partial charge < -0.3 is 46.2 Å². The molecule has 0 spiro atoms. The topological polar surface area (TPSA) is 177 Å². The Balaban J connectivity index is 3.95. The third-order valence-corrected chi connectivity index (χ3v) is 5.85. The van der Waals surface area contributed by atoms with Crippen molar-refractivity contribution >= 4 is 0 Å². The van der Waals surface area contributed by atoms with Crippen LogP contribution in [0.1, 0.15) is 96.8 Å². The van der Waals surface area contributed by atoms with Crippen LogP contribution in [0, 0.1) is 0 Å². The van der Waals surface area contributed by atoms with Gasteiger partial charge in [0.2, 0.25) is 6.29 Å². The molecule has 9 heteroatoms. The van der Waals surface area contributed by atoms with Crippen molar-refractivity contribution in [2.75, 3.05) is 13.2 Å². The van der Waals surface area contributed by atoms with Gasteiger partial charge >= 0.3 is 0 Å². The second kappa shape index (κ2) is 20.4. The Morgan fingerprint density at radius 2 is 1.21 bits per heavy atom. The van der Waals surface area contributed by atoms with Gasteiger partial charge in [0.25, 0.3) is 0 Å². The van der Waals surface area contributed by atoms with Crippen molar-refractivity contribution in [3.8, 4) is 0 Å². The summed E-state index contributed by atoms with van der Waals surface area (Å²) in [5.74, 6) is -1.92. The van der Waals surface area contributed by atoms with Crippen molar-refractivity contribution in [3.63, 3.8) is 0 Å². The Morgan fingerprint density at radius 1 is 0.727 bits per heavy atom. The van der Waals surface area contributed by atoms with Gasteiger partial charge in [0.1, 0.15) is 6.10 Å². The highest BCUT2D eigenvalue weighted by atomic mass is 16.6. The lowest BCUT2D eigenvalue weighted by atomic mass is 10.00. The van der Waals surface area contributed by atoms with E-state index in [2.05, 4.69) is 6.92 Å². The molecule has 0 amide bonds. The number of hydrogen-bond acceptors (Lipinski definition) is 9. The van der Waals surface area contributed by atoms with Gasteiger partial charge in [-0.1, -0.05) is 84.0 Å². The molecular weight excluding hydrogens is 430 g/mol. The van der Waals surface area contributed by atoms with Gasteiger partial charge in [0.05, 0.1) is 24.9 Å².